The van der Waals surface area contributed by atoms with Gasteiger partial charge in [0.15, 0.2) is 5.96 Å². The molecule has 0 bridgehead atoms. The molecule has 6 N–H and O–H groups in total. The van der Waals surface area contributed by atoms with Gasteiger partial charge < -0.3 is 26.2 Å². The first-order chi connectivity index (χ1) is 15.3. The van der Waals surface area contributed by atoms with Gasteiger partial charge in [0.25, 0.3) is 5.91 Å². The van der Waals surface area contributed by atoms with Crippen molar-refractivity contribution in [2.45, 2.75) is 19.0 Å². The maximum atomic E-state index is 14.5. The molecule has 10 heteroatoms. The van der Waals surface area contributed by atoms with Gasteiger partial charge in [0.2, 0.25) is 0 Å². The zero-order valence-corrected chi connectivity index (χ0v) is 17.5. The molecule has 1 atom stereocenters. The molecule has 170 valence electrons. The van der Waals surface area contributed by atoms with Gasteiger partial charge >= 0.3 is 5.97 Å². The van der Waals surface area contributed by atoms with Crippen LogP contribution in [0.5, 0.6) is 0 Å². The summed E-state index contributed by atoms with van der Waals surface area (Å²) in [6.07, 6.45) is 0.148. The summed E-state index contributed by atoms with van der Waals surface area (Å²) < 4.78 is 19.8. The van der Waals surface area contributed by atoms with Gasteiger partial charge in [0.05, 0.1) is 19.8 Å². The van der Waals surface area contributed by atoms with E-state index in [4.69, 9.17) is 21.3 Å². The van der Waals surface area contributed by atoms with Crippen LogP contribution < -0.4 is 21.7 Å². The predicted molar refractivity (Wildman–Crippen MR) is 118 cm³/mol. The Morgan fingerprint density at radius 1 is 1.19 bits per heavy atom. The number of carbonyl (C=O) groups excluding carboxylic acids is 1. The molecule has 2 aromatic carbocycles. The van der Waals surface area contributed by atoms with E-state index in [0.29, 0.717) is 43.0 Å². The maximum Gasteiger partial charge on any atom is 0.320 e. The topological polar surface area (TPSA) is 143 Å². The summed E-state index contributed by atoms with van der Waals surface area (Å²) >= 11 is 0. The van der Waals surface area contributed by atoms with Gasteiger partial charge in [-0.25, -0.2) is 9.38 Å². The van der Waals surface area contributed by atoms with Crippen molar-refractivity contribution < 1.29 is 23.8 Å². The summed E-state index contributed by atoms with van der Waals surface area (Å²) in [6, 6.07) is 10.1. The number of amides is 1. The van der Waals surface area contributed by atoms with E-state index in [1.54, 1.807) is 30.3 Å². The Balaban J connectivity index is 1.64. The van der Waals surface area contributed by atoms with Gasteiger partial charge in [-0.1, -0.05) is 18.2 Å². The van der Waals surface area contributed by atoms with Gasteiger partial charge in [-0.05, 0) is 36.2 Å². The van der Waals surface area contributed by atoms with Crippen LogP contribution in [-0.2, 0) is 22.5 Å². The maximum absolute atomic E-state index is 14.5. The molecule has 1 aliphatic heterocycles. The van der Waals surface area contributed by atoms with Crippen molar-refractivity contribution in [2.75, 3.05) is 31.2 Å². The zero-order chi connectivity index (χ0) is 23.1. The first-order valence-electron chi connectivity index (χ1n) is 10.1. The number of guanidine groups is 1. The third-order valence-corrected chi connectivity index (χ3v) is 5.08. The lowest BCUT2D eigenvalue weighted by molar-refractivity contribution is -0.138. The Bertz CT molecular complexity index is 990. The molecule has 0 saturated carbocycles. The lowest BCUT2D eigenvalue weighted by Crippen LogP contribution is -2.37. The molecular weight excluding hydrogens is 417 g/mol. The van der Waals surface area contributed by atoms with E-state index < -0.39 is 23.7 Å². The van der Waals surface area contributed by atoms with Gasteiger partial charge in [0.1, 0.15) is 11.9 Å². The number of halogens is 1. The molecule has 0 aromatic heterocycles. The number of anilines is 1. The van der Waals surface area contributed by atoms with Crippen LogP contribution in [0.2, 0.25) is 0 Å². The highest BCUT2D eigenvalue weighted by molar-refractivity contribution is 6.05. The number of carbonyl (C=O) groups is 2. The number of morpholine rings is 1. The number of hydrogen-bond donors (Lipinski definition) is 4. The Morgan fingerprint density at radius 3 is 2.53 bits per heavy atom. The third kappa shape index (κ3) is 6.02. The van der Waals surface area contributed by atoms with Crippen LogP contribution in [0.15, 0.2) is 47.5 Å². The number of carboxylic acid groups (broad SMARTS) is 1. The minimum atomic E-state index is -1.09. The van der Waals surface area contributed by atoms with E-state index in [9.17, 15) is 14.0 Å². The van der Waals surface area contributed by atoms with Crippen LogP contribution in [0, 0.1) is 5.82 Å². The van der Waals surface area contributed by atoms with Gasteiger partial charge in [-0.15, -0.1) is 0 Å². The van der Waals surface area contributed by atoms with E-state index in [1.807, 2.05) is 11.0 Å². The highest BCUT2D eigenvalue weighted by Crippen LogP contribution is 2.25. The smallest absolute Gasteiger partial charge is 0.320 e. The number of benzene rings is 2. The normalized spacial score (nSPS) is 15.3. The number of aliphatic carboxylic acids is 1. The van der Waals surface area contributed by atoms with E-state index in [-0.39, 0.29) is 18.9 Å². The van der Waals surface area contributed by atoms with Crippen molar-refractivity contribution in [1.29, 1.82) is 0 Å². The fourth-order valence-corrected chi connectivity index (χ4v) is 3.33. The molecule has 1 saturated heterocycles. The van der Waals surface area contributed by atoms with Crippen molar-refractivity contribution >= 4 is 23.5 Å². The molecule has 0 aliphatic carbocycles. The molecule has 1 unspecified atom stereocenters. The van der Waals surface area contributed by atoms with Crippen molar-refractivity contribution in [3.63, 3.8) is 0 Å². The first-order valence-corrected chi connectivity index (χ1v) is 10.1. The fourth-order valence-electron chi connectivity index (χ4n) is 3.33. The van der Waals surface area contributed by atoms with Gasteiger partial charge in [0, 0.05) is 29.9 Å². The summed E-state index contributed by atoms with van der Waals surface area (Å²) in [4.78, 5) is 29.4. The third-order valence-electron chi connectivity index (χ3n) is 5.08. The summed E-state index contributed by atoms with van der Waals surface area (Å²) in [7, 11) is 0. The molecule has 2 aromatic rings. The number of carboxylic acids is 1. The molecule has 32 heavy (non-hydrogen) atoms. The van der Waals surface area contributed by atoms with E-state index in [0.717, 1.165) is 5.69 Å². The first kappa shape index (κ1) is 23.2. The average molecular weight is 443 g/mol. The van der Waals surface area contributed by atoms with Gasteiger partial charge in [-0.2, -0.15) is 0 Å². The highest BCUT2D eigenvalue weighted by atomic mass is 19.1. The lowest BCUT2D eigenvalue weighted by Gasteiger charge is -2.30. The number of nitrogens with zero attached hydrogens (tertiary/aromatic N) is 2. The molecule has 3 rings (SSSR count). The van der Waals surface area contributed by atoms with Crippen LogP contribution in [-0.4, -0.2) is 55.3 Å². The standard InChI is InChI=1S/C22H26FN5O4/c23-17-2-1-3-19(28-8-10-32-11-9-28)16(17)13-26-22(25)27-20(29)15-6-4-14(5-7-15)12-18(24)21(30)31/h1-7,18H,8-13,24H2,(H,30,31)(H3,25,26,27,29). The Morgan fingerprint density at radius 2 is 1.88 bits per heavy atom. The van der Waals surface area contributed by atoms with Gasteiger partial charge in [-0.3, -0.25) is 14.9 Å². The SMILES string of the molecule is NC(=NCc1c(F)cccc1N1CCOCC1)NC(=O)c1ccc(CC(N)C(=O)O)cc1. The largest absolute Gasteiger partial charge is 0.480 e. The number of nitrogens with two attached hydrogens (primary N) is 2. The fraction of sp³-hybridized carbons (Fsp3) is 0.318. The molecule has 0 radical (unpaired) electrons. The highest BCUT2D eigenvalue weighted by Gasteiger charge is 2.17. The second kappa shape index (κ2) is 10.7. The number of rotatable bonds is 7. The molecule has 1 fully saturated rings. The molecular formula is C22H26FN5O4. The van der Waals surface area contributed by atoms with E-state index in [1.165, 1.54) is 6.07 Å². The minimum absolute atomic E-state index is 0.0303. The van der Waals surface area contributed by atoms with Crippen LogP contribution in [0.3, 0.4) is 0 Å². The van der Waals surface area contributed by atoms with Crippen LogP contribution in [0.1, 0.15) is 21.5 Å². The second-order valence-corrected chi connectivity index (χ2v) is 7.34. The molecule has 1 aliphatic rings. The monoisotopic (exact) mass is 443 g/mol. The lowest BCUT2D eigenvalue weighted by atomic mass is 10.0. The molecule has 9 nitrogen and oxygen atoms in total. The van der Waals surface area contributed by atoms with Crippen LogP contribution in [0.25, 0.3) is 0 Å². The van der Waals surface area contributed by atoms with Crippen LogP contribution >= 0.6 is 0 Å². The Labute approximate surface area is 184 Å². The summed E-state index contributed by atoms with van der Waals surface area (Å²) in [5.74, 6) is -2.11. The molecule has 0 spiro atoms. The number of nitrogens with one attached hydrogen (secondary N) is 1. The molecule has 1 amide bonds. The summed E-state index contributed by atoms with van der Waals surface area (Å²) in [5.41, 5.74) is 13.5. The summed E-state index contributed by atoms with van der Waals surface area (Å²) in [6.45, 7) is 2.41. The Kier molecular flexibility index (Phi) is 7.74. The van der Waals surface area contributed by atoms with E-state index in [2.05, 4.69) is 10.3 Å². The summed E-state index contributed by atoms with van der Waals surface area (Å²) in [5, 5.41) is 11.4. The van der Waals surface area contributed by atoms with Crippen molar-refractivity contribution in [2.24, 2.45) is 16.5 Å². The second-order valence-electron chi connectivity index (χ2n) is 7.34. The van der Waals surface area contributed by atoms with Crippen molar-refractivity contribution in [3.8, 4) is 0 Å². The predicted octanol–water partition coefficient (Wildman–Crippen LogP) is 0.861. The van der Waals surface area contributed by atoms with Crippen molar-refractivity contribution in [1.82, 2.24) is 5.32 Å². The minimum Gasteiger partial charge on any atom is -0.480 e. The average Bonchev–Trinajstić information content (AvgIpc) is 2.79. The number of aliphatic imine (C=N–C) groups is 1. The van der Waals surface area contributed by atoms with Crippen LogP contribution in [0.4, 0.5) is 10.1 Å². The van der Waals surface area contributed by atoms with Crippen molar-refractivity contribution in [3.05, 3.63) is 65.0 Å². The number of hydrogen-bond acceptors (Lipinski definition) is 6. The zero-order valence-electron chi connectivity index (χ0n) is 17.5. The molecule has 1 heterocycles. The van der Waals surface area contributed by atoms with E-state index >= 15 is 0 Å². The Hall–Kier alpha value is -3.50. The number of ether oxygens (including phenoxy) is 1. The quantitative estimate of drug-likeness (QED) is 0.367.